The highest BCUT2D eigenvalue weighted by Crippen LogP contribution is 2.25. The number of nitrogens with two attached hydrogens (primary N) is 1. The quantitative estimate of drug-likeness (QED) is 0.417. The van der Waals surface area contributed by atoms with Crippen molar-refractivity contribution in [1.29, 1.82) is 5.41 Å². The minimum absolute atomic E-state index is 0.0133. The van der Waals surface area contributed by atoms with Crippen molar-refractivity contribution in [2.45, 2.75) is 64.5 Å². The predicted octanol–water partition coefficient (Wildman–Crippen LogP) is 2.93. The lowest BCUT2D eigenvalue weighted by atomic mass is 9.86. The Hall–Kier alpha value is -1.55. The van der Waals surface area contributed by atoms with Crippen LogP contribution in [-0.4, -0.2) is 16.7 Å². The number of rotatable bonds is 9. The van der Waals surface area contributed by atoms with E-state index in [-0.39, 0.29) is 5.96 Å². The highest BCUT2D eigenvalue weighted by molar-refractivity contribution is 5.74. The zero-order valence-corrected chi connectivity index (χ0v) is 13.3. The Morgan fingerprint density at radius 1 is 1.19 bits per heavy atom. The lowest BCUT2D eigenvalue weighted by Crippen LogP contribution is -2.29. The van der Waals surface area contributed by atoms with E-state index >= 15 is 0 Å². The molecule has 0 saturated carbocycles. The van der Waals surface area contributed by atoms with Crippen LogP contribution in [0.3, 0.4) is 0 Å². The van der Waals surface area contributed by atoms with E-state index in [4.69, 9.17) is 11.1 Å². The molecule has 0 fully saturated rings. The molecule has 4 nitrogen and oxygen atoms in total. The van der Waals surface area contributed by atoms with Crippen LogP contribution in [0.15, 0.2) is 24.3 Å². The number of nitrogens with one attached hydrogen (secondary N) is 2. The fraction of sp³-hybridized carbons (Fsp3) is 0.588. The monoisotopic (exact) mass is 291 g/mol. The Morgan fingerprint density at radius 2 is 1.81 bits per heavy atom. The summed E-state index contributed by atoms with van der Waals surface area (Å²) < 4.78 is 0. The summed E-state index contributed by atoms with van der Waals surface area (Å²) in [6.07, 6.45) is 5.44. The maximum absolute atomic E-state index is 10.7. The number of guanidine groups is 1. The van der Waals surface area contributed by atoms with Gasteiger partial charge in [-0.05, 0) is 36.8 Å². The van der Waals surface area contributed by atoms with Crippen molar-refractivity contribution in [2.24, 2.45) is 5.73 Å². The molecule has 118 valence electrons. The zero-order chi connectivity index (χ0) is 15.7. The van der Waals surface area contributed by atoms with Crippen LogP contribution >= 0.6 is 0 Å². The van der Waals surface area contributed by atoms with Gasteiger partial charge in [0.15, 0.2) is 5.96 Å². The molecule has 0 unspecified atom stereocenters. The van der Waals surface area contributed by atoms with E-state index in [2.05, 4.69) is 31.3 Å². The summed E-state index contributed by atoms with van der Waals surface area (Å²) in [5.74, 6) is -0.0133. The molecule has 0 saturated heterocycles. The zero-order valence-electron chi connectivity index (χ0n) is 13.3. The Labute approximate surface area is 128 Å². The molecule has 0 spiro atoms. The van der Waals surface area contributed by atoms with Gasteiger partial charge in [-0.2, -0.15) is 0 Å². The number of hydrogen-bond donors (Lipinski definition) is 4. The predicted molar refractivity (Wildman–Crippen MR) is 88.3 cm³/mol. The third kappa shape index (κ3) is 6.63. The molecule has 0 aliphatic rings. The van der Waals surface area contributed by atoms with E-state index in [0.29, 0.717) is 6.54 Å². The van der Waals surface area contributed by atoms with Crippen molar-refractivity contribution in [3.8, 4) is 0 Å². The van der Waals surface area contributed by atoms with Gasteiger partial charge < -0.3 is 16.2 Å². The van der Waals surface area contributed by atoms with Gasteiger partial charge in [0.2, 0.25) is 0 Å². The Kier molecular flexibility index (Phi) is 7.23. The molecule has 4 heteroatoms. The van der Waals surface area contributed by atoms with Crippen molar-refractivity contribution in [1.82, 2.24) is 5.32 Å². The van der Waals surface area contributed by atoms with Crippen molar-refractivity contribution in [3.05, 3.63) is 35.4 Å². The molecule has 21 heavy (non-hydrogen) atoms. The average Bonchev–Trinajstić information content (AvgIpc) is 2.44. The summed E-state index contributed by atoms with van der Waals surface area (Å²) in [5.41, 5.74) is 7.10. The molecule has 0 aliphatic carbocycles. The number of aryl methyl sites for hydroxylation is 1. The molecule has 0 amide bonds. The molecule has 0 bridgehead atoms. The summed E-state index contributed by atoms with van der Waals surface area (Å²) in [7, 11) is 0. The molecule has 1 aromatic rings. The molecule has 0 heterocycles. The van der Waals surface area contributed by atoms with Crippen molar-refractivity contribution in [2.75, 3.05) is 0 Å². The standard InChI is InChI=1S/C17H29N3O/c1-3-9-17(21,10-4-2)11-8-14-6-5-7-15(12-14)13-20-16(18)19/h5-7,12,21H,3-4,8-11,13H2,1-2H3,(H4,18,19,20). The van der Waals surface area contributed by atoms with Gasteiger partial charge in [0.05, 0.1) is 5.60 Å². The molecule has 1 aromatic carbocycles. The van der Waals surface area contributed by atoms with E-state index in [1.54, 1.807) is 0 Å². The Balaban J connectivity index is 2.61. The van der Waals surface area contributed by atoms with Crippen LogP contribution in [0.25, 0.3) is 0 Å². The molecular weight excluding hydrogens is 262 g/mol. The largest absolute Gasteiger partial charge is 0.390 e. The van der Waals surface area contributed by atoms with Crippen LogP contribution in [0, 0.1) is 5.41 Å². The third-order valence-electron chi connectivity index (χ3n) is 3.78. The van der Waals surface area contributed by atoms with Gasteiger partial charge in [-0.3, -0.25) is 5.41 Å². The van der Waals surface area contributed by atoms with Crippen LogP contribution in [0.2, 0.25) is 0 Å². The lowest BCUT2D eigenvalue weighted by Gasteiger charge is -2.27. The van der Waals surface area contributed by atoms with Crippen LogP contribution in [0.5, 0.6) is 0 Å². The molecule has 1 rings (SSSR count). The Morgan fingerprint density at radius 3 is 2.38 bits per heavy atom. The van der Waals surface area contributed by atoms with Gasteiger partial charge in [-0.25, -0.2) is 0 Å². The highest BCUT2D eigenvalue weighted by Gasteiger charge is 2.24. The van der Waals surface area contributed by atoms with Crippen LogP contribution in [-0.2, 0) is 13.0 Å². The van der Waals surface area contributed by atoms with E-state index < -0.39 is 5.60 Å². The van der Waals surface area contributed by atoms with Gasteiger partial charge >= 0.3 is 0 Å². The van der Waals surface area contributed by atoms with Crippen molar-refractivity contribution >= 4 is 5.96 Å². The van der Waals surface area contributed by atoms with E-state index in [9.17, 15) is 5.11 Å². The topological polar surface area (TPSA) is 82.1 Å². The maximum Gasteiger partial charge on any atom is 0.185 e. The fourth-order valence-corrected chi connectivity index (χ4v) is 2.78. The number of benzene rings is 1. The van der Waals surface area contributed by atoms with Crippen LogP contribution in [0.1, 0.15) is 57.1 Å². The summed E-state index contributed by atoms with van der Waals surface area (Å²) in [6.45, 7) is 4.81. The highest BCUT2D eigenvalue weighted by atomic mass is 16.3. The van der Waals surface area contributed by atoms with Gasteiger partial charge in [0.25, 0.3) is 0 Å². The maximum atomic E-state index is 10.7. The fourth-order valence-electron chi connectivity index (χ4n) is 2.78. The molecular formula is C17H29N3O. The second-order valence-electron chi connectivity index (χ2n) is 5.81. The normalized spacial score (nSPS) is 11.4. The summed E-state index contributed by atoms with van der Waals surface area (Å²) >= 11 is 0. The Bertz CT molecular complexity index is 439. The van der Waals surface area contributed by atoms with Gasteiger partial charge in [0, 0.05) is 6.54 Å². The third-order valence-corrected chi connectivity index (χ3v) is 3.78. The van der Waals surface area contributed by atoms with Gasteiger partial charge in [-0.1, -0.05) is 51.0 Å². The van der Waals surface area contributed by atoms with E-state index in [0.717, 1.165) is 44.1 Å². The van der Waals surface area contributed by atoms with E-state index in [1.807, 2.05) is 12.1 Å². The van der Waals surface area contributed by atoms with Crippen molar-refractivity contribution < 1.29 is 5.11 Å². The molecule has 0 atom stereocenters. The minimum Gasteiger partial charge on any atom is -0.390 e. The SMILES string of the molecule is CCCC(O)(CCC)CCc1cccc(CNC(=N)N)c1. The smallest absolute Gasteiger partial charge is 0.185 e. The van der Waals surface area contributed by atoms with Crippen LogP contribution in [0.4, 0.5) is 0 Å². The minimum atomic E-state index is -0.531. The first kappa shape index (κ1) is 17.5. The van der Waals surface area contributed by atoms with Crippen LogP contribution < -0.4 is 11.1 Å². The summed E-state index contributed by atoms with van der Waals surface area (Å²) in [5, 5.41) is 20.7. The van der Waals surface area contributed by atoms with Gasteiger partial charge in [0.1, 0.15) is 0 Å². The molecule has 0 aliphatic heterocycles. The van der Waals surface area contributed by atoms with E-state index in [1.165, 1.54) is 5.56 Å². The number of hydrogen-bond acceptors (Lipinski definition) is 2. The summed E-state index contributed by atoms with van der Waals surface area (Å²) in [6, 6.07) is 8.25. The van der Waals surface area contributed by atoms with Crippen molar-refractivity contribution in [3.63, 3.8) is 0 Å². The molecule has 0 aromatic heterocycles. The number of aliphatic hydroxyl groups is 1. The molecule has 5 N–H and O–H groups in total. The molecule has 0 radical (unpaired) electrons. The lowest BCUT2D eigenvalue weighted by molar-refractivity contribution is 0.0132. The second kappa shape index (κ2) is 8.67. The average molecular weight is 291 g/mol. The second-order valence-corrected chi connectivity index (χ2v) is 5.81. The first-order valence-electron chi connectivity index (χ1n) is 7.87. The summed E-state index contributed by atoms with van der Waals surface area (Å²) in [4.78, 5) is 0. The first-order chi connectivity index (χ1) is 9.99. The van der Waals surface area contributed by atoms with Gasteiger partial charge in [-0.15, -0.1) is 0 Å². The first-order valence-corrected chi connectivity index (χ1v) is 7.87.